The van der Waals surface area contributed by atoms with Crippen molar-refractivity contribution in [2.75, 3.05) is 18.2 Å². The van der Waals surface area contributed by atoms with Crippen molar-refractivity contribution in [2.24, 2.45) is 7.05 Å². The molecular weight excluding hydrogens is 472 g/mol. The number of esters is 1. The molecule has 10 heteroatoms. The second-order valence-electron chi connectivity index (χ2n) is 8.05. The van der Waals surface area contributed by atoms with E-state index in [0.717, 1.165) is 41.9 Å². The quantitative estimate of drug-likeness (QED) is 0.339. The summed E-state index contributed by atoms with van der Waals surface area (Å²) >= 11 is 2.75. The minimum Gasteiger partial charge on any atom is -0.483 e. The lowest BCUT2D eigenvalue weighted by Crippen LogP contribution is -2.16. The highest BCUT2D eigenvalue weighted by molar-refractivity contribution is 7.99. The first-order valence-electron chi connectivity index (χ1n) is 11.2. The van der Waals surface area contributed by atoms with E-state index in [9.17, 15) is 9.59 Å². The fourth-order valence-electron chi connectivity index (χ4n) is 3.97. The molecule has 2 heterocycles. The van der Waals surface area contributed by atoms with Gasteiger partial charge >= 0.3 is 5.97 Å². The lowest BCUT2D eigenvalue weighted by atomic mass is 10.1. The normalized spacial score (nSPS) is 13.4. The number of hydrogen-bond donors (Lipinski definition) is 1. The van der Waals surface area contributed by atoms with Gasteiger partial charge in [-0.15, -0.1) is 21.5 Å². The number of carbonyl (C=O) groups is 2. The lowest BCUT2D eigenvalue weighted by molar-refractivity contribution is -0.113. The minimum absolute atomic E-state index is 0.142. The van der Waals surface area contributed by atoms with Crippen LogP contribution in [0.2, 0.25) is 0 Å². The third-order valence-electron chi connectivity index (χ3n) is 5.77. The summed E-state index contributed by atoms with van der Waals surface area (Å²) in [4.78, 5) is 26.1. The van der Waals surface area contributed by atoms with E-state index in [2.05, 4.69) is 22.4 Å². The highest BCUT2D eigenvalue weighted by Crippen LogP contribution is 2.39. The van der Waals surface area contributed by atoms with Gasteiger partial charge in [-0.3, -0.25) is 4.79 Å². The maximum atomic E-state index is 12.7. The van der Waals surface area contributed by atoms with Crippen molar-refractivity contribution in [1.82, 2.24) is 14.8 Å². The SMILES string of the molecule is CCc1ccc(OC(C)c2nnc(SCC(=O)Nc3sc4c(c3C(=O)OC)CCC4)n2C)cc1. The summed E-state index contributed by atoms with van der Waals surface area (Å²) in [7, 11) is 3.22. The van der Waals surface area contributed by atoms with Gasteiger partial charge in [0.25, 0.3) is 0 Å². The number of aromatic nitrogens is 3. The molecule has 3 aromatic rings. The van der Waals surface area contributed by atoms with Crippen molar-refractivity contribution < 1.29 is 19.1 Å². The number of fused-ring (bicyclic) bond motifs is 1. The van der Waals surface area contributed by atoms with E-state index in [1.165, 1.54) is 35.8 Å². The number of nitrogens with one attached hydrogen (secondary N) is 1. The van der Waals surface area contributed by atoms with Gasteiger partial charge in [-0.25, -0.2) is 4.79 Å². The summed E-state index contributed by atoms with van der Waals surface area (Å²) < 4.78 is 12.8. The number of carbonyl (C=O) groups excluding carboxylic acids is 2. The maximum absolute atomic E-state index is 12.7. The van der Waals surface area contributed by atoms with Crippen molar-refractivity contribution in [3.8, 4) is 5.75 Å². The van der Waals surface area contributed by atoms with E-state index in [0.29, 0.717) is 21.5 Å². The zero-order chi connectivity index (χ0) is 24.2. The van der Waals surface area contributed by atoms with Crippen molar-refractivity contribution in [3.05, 3.63) is 51.7 Å². The fraction of sp³-hybridized carbons (Fsp3) is 0.417. The Morgan fingerprint density at radius 1 is 1.24 bits per heavy atom. The second-order valence-corrected chi connectivity index (χ2v) is 10.1. The Labute approximate surface area is 207 Å². The van der Waals surface area contributed by atoms with Gasteiger partial charge in [-0.2, -0.15) is 0 Å². The zero-order valence-corrected chi connectivity index (χ0v) is 21.3. The van der Waals surface area contributed by atoms with Gasteiger partial charge in [0.1, 0.15) is 10.8 Å². The van der Waals surface area contributed by atoms with Crippen LogP contribution in [0.3, 0.4) is 0 Å². The van der Waals surface area contributed by atoms with E-state index >= 15 is 0 Å². The van der Waals surface area contributed by atoms with Gasteiger partial charge in [0.15, 0.2) is 17.1 Å². The summed E-state index contributed by atoms with van der Waals surface area (Å²) in [5, 5.41) is 12.6. The predicted octanol–water partition coefficient (Wildman–Crippen LogP) is 4.59. The van der Waals surface area contributed by atoms with Crippen LogP contribution in [0.25, 0.3) is 0 Å². The maximum Gasteiger partial charge on any atom is 0.341 e. The van der Waals surface area contributed by atoms with Crippen LogP contribution in [0.15, 0.2) is 29.4 Å². The van der Waals surface area contributed by atoms with Gasteiger partial charge in [-0.05, 0) is 55.9 Å². The molecule has 0 fully saturated rings. The Hall–Kier alpha value is -2.85. The van der Waals surface area contributed by atoms with Crippen molar-refractivity contribution in [1.29, 1.82) is 0 Å². The Morgan fingerprint density at radius 2 is 2.00 bits per heavy atom. The standard InChI is InChI=1S/C24H28N4O4S2/c1-5-15-9-11-16(12-10-15)32-14(2)21-26-27-24(28(21)3)33-13-19(29)25-22-20(23(30)31-4)17-7-6-8-18(17)34-22/h9-12,14H,5-8,13H2,1-4H3,(H,25,29). The van der Waals surface area contributed by atoms with Crippen LogP contribution in [-0.2, 0) is 35.8 Å². The summed E-state index contributed by atoms with van der Waals surface area (Å²) in [6.07, 6.45) is 3.47. The number of hydrogen-bond acceptors (Lipinski definition) is 8. The Morgan fingerprint density at radius 3 is 2.71 bits per heavy atom. The molecule has 1 aromatic carbocycles. The molecule has 0 saturated heterocycles. The summed E-state index contributed by atoms with van der Waals surface area (Å²) in [5.41, 5.74) is 2.76. The number of benzene rings is 1. The van der Waals surface area contributed by atoms with Gasteiger partial charge in [-0.1, -0.05) is 30.8 Å². The number of thiophene rings is 1. The van der Waals surface area contributed by atoms with E-state index < -0.39 is 5.97 Å². The van der Waals surface area contributed by atoms with E-state index in [1.54, 1.807) is 0 Å². The van der Waals surface area contributed by atoms with Gasteiger partial charge < -0.3 is 19.4 Å². The fourth-order valence-corrected chi connectivity index (χ4v) is 5.98. The van der Waals surface area contributed by atoms with Gasteiger partial charge in [0.05, 0.1) is 18.4 Å². The van der Waals surface area contributed by atoms with Crippen molar-refractivity contribution >= 4 is 40.0 Å². The zero-order valence-electron chi connectivity index (χ0n) is 19.7. The molecule has 1 aliphatic rings. The van der Waals surface area contributed by atoms with Crippen LogP contribution in [-0.4, -0.2) is 39.5 Å². The van der Waals surface area contributed by atoms with E-state index in [1.807, 2.05) is 42.8 Å². The number of anilines is 1. The highest BCUT2D eigenvalue weighted by atomic mass is 32.2. The van der Waals surface area contributed by atoms with E-state index in [4.69, 9.17) is 9.47 Å². The first kappa shape index (κ1) is 24.3. The largest absolute Gasteiger partial charge is 0.483 e. The minimum atomic E-state index is -0.404. The molecule has 1 atom stereocenters. The molecule has 2 aromatic heterocycles. The molecule has 0 spiro atoms. The number of ether oxygens (including phenoxy) is 2. The third-order valence-corrected chi connectivity index (χ3v) is 8.00. The van der Waals surface area contributed by atoms with Crippen LogP contribution < -0.4 is 10.1 Å². The molecule has 1 N–H and O–H groups in total. The third kappa shape index (κ3) is 5.12. The average molecular weight is 501 g/mol. The predicted molar refractivity (Wildman–Crippen MR) is 133 cm³/mol. The molecule has 1 aliphatic carbocycles. The van der Waals surface area contributed by atoms with Crippen LogP contribution in [0.4, 0.5) is 5.00 Å². The number of nitrogens with zero attached hydrogens (tertiary/aromatic N) is 3. The van der Waals surface area contributed by atoms with Gasteiger partial charge in [0.2, 0.25) is 5.91 Å². The first-order chi connectivity index (χ1) is 16.4. The molecule has 0 radical (unpaired) electrons. The number of aryl methyl sites for hydroxylation is 2. The Balaban J connectivity index is 1.37. The highest BCUT2D eigenvalue weighted by Gasteiger charge is 2.28. The Bertz CT molecular complexity index is 1190. The number of amides is 1. The molecule has 1 amide bonds. The number of rotatable bonds is 9. The molecule has 34 heavy (non-hydrogen) atoms. The van der Waals surface area contributed by atoms with Crippen LogP contribution in [0.1, 0.15) is 58.6 Å². The monoisotopic (exact) mass is 500 g/mol. The first-order valence-corrected chi connectivity index (χ1v) is 13.0. The lowest BCUT2D eigenvalue weighted by Gasteiger charge is -2.14. The van der Waals surface area contributed by atoms with Crippen LogP contribution in [0, 0.1) is 0 Å². The molecular formula is C24H28N4O4S2. The molecule has 4 rings (SSSR count). The number of thioether (sulfide) groups is 1. The molecule has 0 aliphatic heterocycles. The van der Waals surface area contributed by atoms with Crippen molar-refractivity contribution in [3.63, 3.8) is 0 Å². The van der Waals surface area contributed by atoms with Crippen LogP contribution >= 0.6 is 23.1 Å². The molecule has 1 unspecified atom stereocenters. The summed E-state index contributed by atoms with van der Waals surface area (Å²) in [5.74, 6) is 0.970. The second kappa shape index (κ2) is 10.6. The topological polar surface area (TPSA) is 95.3 Å². The summed E-state index contributed by atoms with van der Waals surface area (Å²) in [6, 6.07) is 8.00. The molecule has 0 saturated carbocycles. The van der Waals surface area contributed by atoms with E-state index in [-0.39, 0.29) is 17.8 Å². The van der Waals surface area contributed by atoms with Gasteiger partial charge in [0, 0.05) is 11.9 Å². The molecule has 8 nitrogen and oxygen atoms in total. The number of methoxy groups -OCH3 is 1. The van der Waals surface area contributed by atoms with Crippen LogP contribution in [0.5, 0.6) is 5.75 Å². The molecule has 0 bridgehead atoms. The average Bonchev–Trinajstić information content (AvgIpc) is 3.52. The summed E-state index contributed by atoms with van der Waals surface area (Å²) in [6.45, 7) is 4.03. The smallest absolute Gasteiger partial charge is 0.341 e. The molecule has 180 valence electrons. The van der Waals surface area contributed by atoms with Crippen molar-refractivity contribution in [2.45, 2.75) is 50.8 Å². The Kier molecular flexibility index (Phi) is 7.57.